The average molecular weight is 258 g/mol. The fourth-order valence-electron chi connectivity index (χ4n) is 1.95. The van der Waals surface area contributed by atoms with E-state index < -0.39 is 0 Å². The Bertz CT molecular complexity index is 341. The summed E-state index contributed by atoms with van der Waals surface area (Å²) < 4.78 is 0. The van der Waals surface area contributed by atoms with Gasteiger partial charge >= 0.3 is 0 Å². The van der Waals surface area contributed by atoms with Crippen molar-refractivity contribution in [2.75, 3.05) is 0 Å². The highest BCUT2D eigenvalue weighted by Crippen LogP contribution is 2.34. The molecule has 3 heteroatoms. The van der Waals surface area contributed by atoms with Gasteiger partial charge in [0.05, 0.1) is 0 Å². The molecule has 1 aromatic rings. The summed E-state index contributed by atoms with van der Waals surface area (Å²) in [6, 6.07) is 5.79. The van der Waals surface area contributed by atoms with Crippen LogP contribution in [0, 0.1) is 5.92 Å². The Morgan fingerprint density at radius 1 is 1.25 bits per heavy atom. The van der Waals surface area contributed by atoms with Crippen molar-refractivity contribution in [3.05, 3.63) is 33.8 Å². The molecule has 1 aromatic carbocycles. The third kappa shape index (κ3) is 3.38. The predicted octanol–water partition coefficient (Wildman–Crippen LogP) is 4.05. The SMILES string of the molecule is NC(CCC1CC1)Cc1c(Cl)cccc1Cl. The molecular weight excluding hydrogens is 241 g/mol. The van der Waals surface area contributed by atoms with E-state index in [9.17, 15) is 0 Å². The third-order valence-electron chi connectivity index (χ3n) is 3.17. The lowest BCUT2D eigenvalue weighted by Gasteiger charge is -2.13. The molecule has 0 spiro atoms. The van der Waals surface area contributed by atoms with Crippen molar-refractivity contribution in [1.82, 2.24) is 0 Å². The molecule has 1 atom stereocenters. The highest BCUT2D eigenvalue weighted by atomic mass is 35.5. The Morgan fingerprint density at radius 2 is 1.88 bits per heavy atom. The van der Waals surface area contributed by atoms with E-state index in [4.69, 9.17) is 28.9 Å². The van der Waals surface area contributed by atoms with E-state index in [0.29, 0.717) is 0 Å². The molecule has 0 aromatic heterocycles. The number of benzene rings is 1. The third-order valence-corrected chi connectivity index (χ3v) is 3.88. The summed E-state index contributed by atoms with van der Waals surface area (Å²) in [5.41, 5.74) is 7.10. The molecule has 1 nitrogen and oxygen atoms in total. The number of hydrogen-bond acceptors (Lipinski definition) is 1. The van der Waals surface area contributed by atoms with Gasteiger partial charge in [0.25, 0.3) is 0 Å². The molecule has 88 valence electrons. The lowest BCUT2D eigenvalue weighted by molar-refractivity contribution is 0.551. The number of halogens is 2. The normalized spacial score (nSPS) is 17.4. The second kappa shape index (κ2) is 5.39. The van der Waals surface area contributed by atoms with E-state index in [1.807, 2.05) is 18.2 Å². The fourth-order valence-corrected chi connectivity index (χ4v) is 2.50. The molecule has 0 saturated heterocycles. The van der Waals surface area contributed by atoms with E-state index in [0.717, 1.165) is 34.4 Å². The van der Waals surface area contributed by atoms with Crippen LogP contribution in [0.3, 0.4) is 0 Å². The maximum Gasteiger partial charge on any atom is 0.0453 e. The molecule has 1 aliphatic rings. The fraction of sp³-hybridized carbons (Fsp3) is 0.538. The van der Waals surface area contributed by atoms with Gasteiger partial charge in [0.15, 0.2) is 0 Å². The zero-order valence-corrected chi connectivity index (χ0v) is 10.8. The van der Waals surface area contributed by atoms with Crippen LogP contribution in [0.1, 0.15) is 31.2 Å². The van der Waals surface area contributed by atoms with Crippen LogP contribution >= 0.6 is 23.2 Å². The second-order valence-corrected chi connectivity index (χ2v) is 5.50. The number of rotatable bonds is 5. The molecule has 2 rings (SSSR count). The topological polar surface area (TPSA) is 26.0 Å². The van der Waals surface area contributed by atoms with Crippen LogP contribution in [0.2, 0.25) is 10.0 Å². The summed E-state index contributed by atoms with van der Waals surface area (Å²) in [7, 11) is 0. The summed E-state index contributed by atoms with van der Waals surface area (Å²) in [5.74, 6) is 0.938. The highest BCUT2D eigenvalue weighted by Gasteiger charge is 2.22. The van der Waals surface area contributed by atoms with Crippen molar-refractivity contribution in [2.45, 2.75) is 38.1 Å². The van der Waals surface area contributed by atoms with Crippen LogP contribution in [0.15, 0.2) is 18.2 Å². The van der Waals surface area contributed by atoms with Crippen molar-refractivity contribution in [3.8, 4) is 0 Å². The van der Waals surface area contributed by atoms with E-state index in [-0.39, 0.29) is 6.04 Å². The van der Waals surface area contributed by atoms with Crippen LogP contribution < -0.4 is 5.73 Å². The summed E-state index contributed by atoms with van der Waals surface area (Å²) in [6.07, 6.45) is 5.89. The molecule has 0 bridgehead atoms. The van der Waals surface area contributed by atoms with E-state index in [1.54, 1.807) is 0 Å². The van der Waals surface area contributed by atoms with Gasteiger partial charge in [-0.25, -0.2) is 0 Å². The quantitative estimate of drug-likeness (QED) is 0.847. The molecular formula is C13H17Cl2N. The van der Waals surface area contributed by atoms with Crippen LogP contribution in [0.25, 0.3) is 0 Å². The number of nitrogens with two attached hydrogens (primary N) is 1. The summed E-state index contributed by atoms with van der Waals surface area (Å²) in [5, 5.41) is 1.46. The Hall–Kier alpha value is -0.240. The second-order valence-electron chi connectivity index (χ2n) is 4.69. The Balaban J connectivity index is 1.91. The van der Waals surface area contributed by atoms with Crippen LogP contribution in [-0.2, 0) is 6.42 Å². The Labute approximate surface area is 107 Å². The molecule has 1 fully saturated rings. The van der Waals surface area contributed by atoms with Gasteiger partial charge in [0, 0.05) is 16.1 Å². The number of hydrogen-bond donors (Lipinski definition) is 1. The van der Waals surface area contributed by atoms with Gasteiger partial charge in [0.2, 0.25) is 0 Å². The summed E-state index contributed by atoms with van der Waals surface area (Å²) in [6.45, 7) is 0. The highest BCUT2D eigenvalue weighted by molar-refractivity contribution is 6.35. The minimum absolute atomic E-state index is 0.179. The van der Waals surface area contributed by atoms with Crippen molar-refractivity contribution in [2.24, 2.45) is 11.7 Å². The molecule has 0 amide bonds. The lowest BCUT2D eigenvalue weighted by atomic mass is 10.0. The van der Waals surface area contributed by atoms with E-state index in [2.05, 4.69) is 0 Å². The monoisotopic (exact) mass is 257 g/mol. The molecule has 1 unspecified atom stereocenters. The van der Waals surface area contributed by atoms with Gasteiger partial charge < -0.3 is 5.73 Å². The first-order valence-electron chi connectivity index (χ1n) is 5.85. The Morgan fingerprint density at radius 3 is 2.44 bits per heavy atom. The molecule has 16 heavy (non-hydrogen) atoms. The van der Waals surface area contributed by atoms with Gasteiger partial charge in [-0.2, -0.15) is 0 Å². The van der Waals surface area contributed by atoms with Crippen LogP contribution in [0.4, 0.5) is 0 Å². The lowest BCUT2D eigenvalue weighted by Crippen LogP contribution is -2.23. The van der Waals surface area contributed by atoms with E-state index >= 15 is 0 Å². The minimum atomic E-state index is 0.179. The first kappa shape index (κ1) is 12.2. The summed E-state index contributed by atoms with van der Waals surface area (Å²) in [4.78, 5) is 0. The molecule has 0 heterocycles. The predicted molar refractivity (Wildman–Crippen MR) is 70.1 cm³/mol. The van der Waals surface area contributed by atoms with Gasteiger partial charge in [-0.15, -0.1) is 0 Å². The standard InChI is InChI=1S/C13H17Cl2N/c14-12-2-1-3-13(15)11(12)8-10(16)7-6-9-4-5-9/h1-3,9-10H,4-8,16H2. The molecule has 1 saturated carbocycles. The average Bonchev–Trinajstić information content (AvgIpc) is 3.04. The van der Waals surface area contributed by atoms with Crippen LogP contribution in [0.5, 0.6) is 0 Å². The minimum Gasteiger partial charge on any atom is -0.327 e. The van der Waals surface area contributed by atoms with Crippen molar-refractivity contribution >= 4 is 23.2 Å². The maximum atomic E-state index is 6.11. The van der Waals surface area contributed by atoms with Crippen molar-refractivity contribution < 1.29 is 0 Å². The molecule has 1 aliphatic carbocycles. The first-order chi connectivity index (χ1) is 7.66. The van der Waals surface area contributed by atoms with Crippen LogP contribution in [-0.4, -0.2) is 6.04 Å². The molecule has 0 radical (unpaired) electrons. The largest absolute Gasteiger partial charge is 0.327 e. The zero-order valence-electron chi connectivity index (χ0n) is 9.26. The van der Waals surface area contributed by atoms with E-state index in [1.165, 1.54) is 19.3 Å². The summed E-state index contributed by atoms with van der Waals surface area (Å²) >= 11 is 12.2. The van der Waals surface area contributed by atoms with Gasteiger partial charge in [-0.1, -0.05) is 42.1 Å². The first-order valence-corrected chi connectivity index (χ1v) is 6.61. The molecule has 2 N–H and O–H groups in total. The smallest absolute Gasteiger partial charge is 0.0453 e. The maximum absolute atomic E-state index is 6.11. The Kier molecular flexibility index (Phi) is 4.12. The van der Waals surface area contributed by atoms with Gasteiger partial charge in [-0.3, -0.25) is 0 Å². The van der Waals surface area contributed by atoms with Crippen molar-refractivity contribution in [3.63, 3.8) is 0 Å². The van der Waals surface area contributed by atoms with Crippen molar-refractivity contribution in [1.29, 1.82) is 0 Å². The zero-order chi connectivity index (χ0) is 11.5. The molecule has 0 aliphatic heterocycles. The van der Waals surface area contributed by atoms with Gasteiger partial charge in [-0.05, 0) is 42.9 Å². The van der Waals surface area contributed by atoms with Gasteiger partial charge in [0.1, 0.15) is 0 Å².